The Labute approximate surface area is 118 Å². The minimum absolute atomic E-state index is 0.0203. The van der Waals surface area contributed by atoms with Crippen molar-refractivity contribution in [2.24, 2.45) is 0 Å². The number of halogens is 2. The lowest BCUT2D eigenvalue weighted by Gasteiger charge is -2.09. The largest absolute Gasteiger partial charge is 0.382 e. The fourth-order valence-corrected chi connectivity index (χ4v) is 2.26. The van der Waals surface area contributed by atoms with E-state index in [4.69, 9.17) is 0 Å². The molecule has 1 aromatic carbocycles. The van der Waals surface area contributed by atoms with Crippen molar-refractivity contribution in [3.05, 3.63) is 62.3 Å². The molecule has 0 spiro atoms. The molecule has 0 amide bonds. The normalized spacial score (nSPS) is 10.3. The Balaban J connectivity index is 1.97. The highest BCUT2D eigenvalue weighted by Crippen LogP contribution is 2.18. The molecule has 0 atom stereocenters. The van der Waals surface area contributed by atoms with Gasteiger partial charge in [0.15, 0.2) is 0 Å². The van der Waals surface area contributed by atoms with Crippen LogP contribution in [0.1, 0.15) is 0 Å². The van der Waals surface area contributed by atoms with Crippen molar-refractivity contribution in [3.8, 4) is 0 Å². The highest BCUT2D eigenvalue weighted by Gasteiger charge is 2.00. The van der Waals surface area contributed by atoms with Gasteiger partial charge in [-0.2, -0.15) is 0 Å². The Kier molecular flexibility index (Phi) is 4.35. The minimum Gasteiger partial charge on any atom is -0.382 e. The fourth-order valence-electron chi connectivity index (χ4n) is 1.59. The Morgan fingerprint density at radius 1 is 1.28 bits per heavy atom. The molecule has 2 aromatic rings. The Morgan fingerprint density at radius 3 is 2.83 bits per heavy atom. The van der Waals surface area contributed by atoms with Crippen LogP contribution < -0.4 is 10.9 Å². The minimum atomic E-state index is -0.246. The summed E-state index contributed by atoms with van der Waals surface area (Å²) in [6, 6.07) is 9.65. The second-order valence-corrected chi connectivity index (χ2v) is 4.95. The van der Waals surface area contributed by atoms with E-state index in [1.165, 1.54) is 18.2 Å². The summed E-state index contributed by atoms with van der Waals surface area (Å²) < 4.78 is 15.4. The van der Waals surface area contributed by atoms with E-state index in [-0.39, 0.29) is 11.4 Å². The number of benzene rings is 1. The molecule has 0 saturated heterocycles. The predicted octanol–water partition coefficient (Wildman–Crippen LogP) is 2.70. The summed E-state index contributed by atoms with van der Waals surface area (Å²) in [5, 5.41) is 3.18. The number of hydrogen-bond acceptors (Lipinski definition) is 2. The van der Waals surface area contributed by atoms with Crippen molar-refractivity contribution >= 4 is 28.3 Å². The van der Waals surface area contributed by atoms with E-state index in [1.807, 2.05) is 6.07 Å². The zero-order valence-electron chi connectivity index (χ0n) is 9.57. The van der Waals surface area contributed by atoms with E-state index in [9.17, 15) is 9.18 Å². The molecule has 94 valence electrons. The molecular weight excluding hydrogens is 346 g/mol. The van der Waals surface area contributed by atoms with Gasteiger partial charge in [-0.15, -0.1) is 0 Å². The summed E-state index contributed by atoms with van der Waals surface area (Å²) in [6.45, 7) is 1.19. The third kappa shape index (κ3) is 3.32. The van der Waals surface area contributed by atoms with Gasteiger partial charge >= 0.3 is 0 Å². The topological polar surface area (TPSA) is 34.0 Å². The molecule has 2 rings (SSSR count). The van der Waals surface area contributed by atoms with Crippen molar-refractivity contribution in [1.29, 1.82) is 0 Å². The van der Waals surface area contributed by atoms with Crippen LogP contribution in [0.4, 0.5) is 10.1 Å². The molecule has 0 saturated carbocycles. The van der Waals surface area contributed by atoms with Gasteiger partial charge in [-0.25, -0.2) is 4.39 Å². The van der Waals surface area contributed by atoms with E-state index >= 15 is 0 Å². The average molecular weight is 358 g/mol. The Hall–Kier alpha value is -1.37. The molecule has 5 heteroatoms. The van der Waals surface area contributed by atoms with E-state index in [1.54, 1.807) is 22.9 Å². The zero-order valence-corrected chi connectivity index (χ0v) is 11.7. The molecule has 1 N–H and O–H groups in total. The molecule has 0 aliphatic heterocycles. The van der Waals surface area contributed by atoms with E-state index in [0.717, 1.165) is 9.26 Å². The average Bonchev–Trinajstić information content (AvgIpc) is 2.34. The first-order valence-electron chi connectivity index (χ1n) is 5.51. The molecule has 1 heterocycles. The highest BCUT2D eigenvalue weighted by molar-refractivity contribution is 14.1. The maximum absolute atomic E-state index is 12.9. The maximum atomic E-state index is 12.9. The quantitative estimate of drug-likeness (QED) is 0.853. The maximum Gasteiger partial charge on any atom is 0.250 e. The van der Waals surface area contributed by atoms with Crippen LogP contribution in [0.25, 0.3) is 0 Å². The number of hydrogen-bond donors (Lipinski definition) is 1. The molecule has 0 bridgehead atoms. The molecular formula is C13H12FIN2O. The SMILES string of the molecule is O=c1ccccn1CCNc1ccc(F)cc1I. The lowest BCUT2D eigenvalue weighted by Crippen LogP contribution is -2.22. The molecule has 0 fully saturated rings. The van der Waals surface area contributed by atoms with Crippen molar-refractivity contribution in [2.75, 3.05) is 11.9 Å². The first kappa shape index (κ1) is 13.1. The molecule has 0 aliphatic carbocycles. The molecule has 18 heavy (non-hydrogen) atoms. The van der Waals surface area contributed by atoms with Gasteiger partial charge in [-0.05, 0) is 46.9 Å². The van der Waals surface area contributed by atoms with Crippen LogP contribution in [0.5, 0.6) is 0 Å². The summed E-state index contributed by atoms with van der Waals surface area (Å²) in [5.74, 6) is -0.246. The van der Waals surface area contributed by atoms with Gasteiger partial charge in [-0.1, -0.05) is 6.07 Å². The number of rotatable bonds is 4. The summed E-state index contributed by atoms with van der Waals surface area (Å²) in [6.07, 6.45) is 1.75. The van der Waals surface area contributed by atoms with Crippen LogP contribution in [0.3, 0.4) is 0 Å². The first-order valence-corrected chi connectivity index (χ1v) is 6.59. The monoisotopic (exact) mass is 358 g/mol. The van der Waals surface area contributed by atoms with Gasteiger partial charge < -0.3 is 9.88 Å². The highest BCUT2D eigenvalue weighted by atomic mass is 127. The van der Waals surface area contributed by atoms with Crippen LogP contribution in [0, 0.1) is 9.39 Å². The number of aromatic nitrogens is 1. The van der Waals surface area contributed by atoms with Gasteiger partial charge in [0.25, 0.3) is 5.56 Å². The van der Waals surface area contributed by atoms with Crippen molar-refractivity contribution in [1.82, 2.24) is 4.57 Å². The molecule has 3 nitrogen and oxygen atoms in total. The number of pyridine rings is 1. The van der Waals surface area contributed by atoms with Gasteiger partial charge in [0.2, 0.25) is 0 Å². The van der Waals surface area contributed by atoms with Crippen LogP contribution in [-0.4, -0.2) is 11.1 Å². The fraction of sp³-hybridized carbons (Fsp3) is 0.154. The predicted molar refractivity (Wildman–Crippen MR) is 78.3 cm³/mol. The van der Waals surface area contributed by atoms with Crippen LogP contribution in [0.15, 0.2) is 47.4 Å². The third-order valence-electron chi connectivity index (χ3n) is 2.50. The number of nitrogens with zero attached hydrogens (tertiary/aromatic N) is 1. The summed E-state index contributed by atoms with van der Waals surface area (Å²) in [4.78, 5) is 11.5. The van der Waals surface area contributed by atoms with E-state index in [0.29, 0.717) is 13.1 Å². The lowest BCUT2D eigenvalue weighted by atomic mass is 10.3. The first-order chi connectivity index (χ1) is 8.66. The van der Waals surface area contributed by atoms with Gasteiger partial charge in [-0.3, -0.25) is 4.79 Å². The number of nitrogens with one attached hydrogen (secondary N) is 1. The molecule has 0 radical (unpaired) electrons. The number of anilines is 1. The Bertz CT molecular complexity index is 598. The van der Waals surface area contributed by atoms with Gasteiger partial charge in [0.1, 0.15) is 5.82 Å². The van der Waals surface area contributed by atoms with Crippen LogP contribution >= 0.6 is 22.6 Å². The smallest absolute Gasteiger partial charge is 0.250 e. The lowest BCUT2D eigenvalue weighted by molar-refractivity contribution is 0.627. The Morgan fingerprint density at radius 2 is 2.11 bits per heavy atom. The molecule has 0 unspecified atom stereocenters. The van der Waals surface area contributed by atoms with Gasteiger partial charge in [0, 0.05) is 34.6 Å². The van der Waals surface area contributed by atoms with Crippen molar-refractivity contribution in [3.63, 3.8) is 0 Å². The van der Waals surface area contributed by atoms with Crippen LogP contribution in [0.2, 0.25) is 0 Å². The second kappa shape index (κ2) is 5.99. The summed E-state index contributed by atoms with van der Waals surface area (Å²) in [5.41, 5.74) is 0.856. The van der Waals surface area contributed by atoms with Crippen molar-refractivity contribution in [2.45, 2.75) is 6.54 Å². The second-order valence-electron chi connectivity index (χ2n) is 3.78. The van der Waals surface area contributed by atoms with Gasteiger partial charge in [0.05, 0.1) is 0 Å². The van der Waals surface area contributed by atoms with E-state index < -0.39 is 0 Å². The summed E-state index contributed by atoms with van der Waals surface area (Å²) in [7, 11) is 0. The zero-order chi connectivity index (χ0) is 13.0. The van der Waals surface area contributed by atoms with E-state index in [2.05, 4.69) is 27.9 Å². The van der Waals surface area contributed by atoms with Crippen LogP contribution in [-0.2, 0) is 6.54 Å². The summed E-state index contributed by atoms with van der Waals surface area (Å²) >= 11 is 2.08. The molecule has 1 aromatic heterocycles. The third-order valence-corrected chi connectivity index (χ3v) is 3.39. The van der Waals surface area contributed by atoms with Crippen molar-refractivity contribution < 1.29 is 4.39 Å². The standard InChI is InChI=1S/C13H12FIN2O/c14-10-4-5-12(11(15)9-10)16-6-8-17-7-2-1-3-13(17)18/h1-5,7,9,16H,6,8H2. The molecule has 0 aliphatic rings.